The number of carboxylic acid groups (broad SMARTS) is 1. The fraction of sp³-hybridized carbons (Fsp3) is 0.500. The minimum Gasteiger partial charge on any atom is -0.489 e. The summed E-state index contributed by atoms with van der Waals surface area (Å²) in [7, 11) is 0. The Morgan fingerprint density at radius 1 is 1.56 bits per heavy atom. The molecule has 0 aromatic rings. The molecule has 1 N–H and O–H groups in total. The van der Waals surface area contributed by atoms with Crippen molar-refractivity contribution in [3.63, 3.8) is 0 Å². The van der Waals surface area contributed by atoms with Crippen molar-refractivity contribution in [2.75, 3.05) is 6.61 Å². The summed E-state index contributed by atoms with van der Waals surface area (Å²) >= 11 is 0. The van der Waals surface area contributed by atoms with Gasteiger partial charge >= 0.3 is 5.97 Å². The molecule has 0 saturated carbocycles. The van der Waals surface area contributed by atoms with Gasteiger partial charge in [0.05, 0.1) is 12.2 Å². The van der Waals surface area contributed by atoms with E-state index in [4.69, 9.17) is 9.84 Å². The highest BCUT2D eigenvalue weighted by atomic mass is 16.5. The second-order valence-electron chi connectivity index (χ2n) is 3.62. The van der Waals surface area contributed by atoms with Crippen LogP contribution in [0.2, 0.25) is 0 Å². The molecule has 4 nitrogen and oxygen atoms in total. The van der Waals surface area contributed by atoms with Crippen LogP contribution in [0.1, 0.15) is 32.6 Å². The van der Waals surface area contributed by atoms with E-state index in [-0.39, 0.29) is 17.1 Å². The number of carbonyl (C=O) groups excluding carboxylic acids is 1. The number of hydrogen-bond donors (Lipinski definition) is 1. The number of ketones is 1. The smallest absolute Gasteiger partial charge is 0.335 e. The summed E-state index contributed by atoms with van der Waals surface area (Å²) in [5.74, 6) is -1.40. The molecule has 0 aromatic heterocycles. The molecule has 0 unspecified atom stereocenters. The normalized spacial score (nSPS) is 16.2. The molecule has 0 amide bonds. The number of carboxylic acids is 1. The number of ether oxygens (including phenoxy) is 1. The van der Waals surface area contributed by atoms with Gasteiger partial charge in [0.15, 0.2) is 5.76 Å². The summed E-state index contributed by atoms with van der Waals surface area (Å²) in [6.07, 6.45) is 5.73. The van der Waals surface area contributed by atoms with E-state index >= 15 is 0 Å². The summed E-state index contributed by atoms with van der Waals surface area (Å²) in [4.78, 5) is 22.6. The van der Waals surface area contributed by atoms with Gasteiger partial charge in [-0.2, -0.15) is 0 Å². The molecule has 0 aliphatic heterocycles. The van der Waals surface area contributed by atoms with Gasteiger partial charge in [0.2, 0.25) is 5.78 Å². The standard InChI is InChI=1S/C12H16O4/c1-2-3-8-16-11-9(12(14)15)6-4-5-7-10(11)13/h5,7H,2-4,6,8H2,1H3,(H,14,15). The van der Waals surface area contributed by atoms with Gasteiger partial charge in [0.1, 0.15) is 0 Å². The molecule has 0 bridgehead atoms. The van der Waals surface area contributed by atoms with Crippen molar-refractivity contribution in [3.8, 4) is 0 Å². The van der Waals surface area contributed by atoms with Gasteiger partial charge in [-0.1, -0.05) is 19.4 Å². The molecule has 16 heavy (non-hydrogen) atoms. The quantitative estimate of drug-likeness (QED) is 0.726. The molecule has 0 aromatic carbocycles. The first kappa shape index (κ1) is 12.5. The Kier molecular flexibility index (Phi) is 4.76. The van der Waals surface area contributed by atoms with Gasteiger partial charge in [-0.15, -0.1) is 0 Å². The SMILES string of the molecule is CCCCOC1=C(C(=O)O)CCC=CC1=O. The average molecular weight is 224 g/mol. The maximum Gasteiger partial charge on any atom is 0.335 e. The zero-order chi connectivity index (χ0) is 12.0. The number of aliphatic carboxylic acids is 1. The first-order chi connectivity index (χ1) is 7.66. The van der Waals surface area contributed by atoms with Crippen LogP contribution in [-0.4, -0.2) is 23.5 Å². The van der Waals surface area contributed by atoms with E-state index in [0.717, 1.165) is 12.8 Å². The molecule has 0 atom stereocenters. The summed E-state index contributed by atoms with van der Waals surface area (Å²) in [5.41, 5.74) is 0.0890. The summed E-state index contributed by atoms with van der Waals surface area (Å²) < 4.78 is 5.29. The number of hydrogen-bond acceptors (Lipinski definition) is 3. The maximum atomic E-state index is 11.6. The fourth-order valence-corrected chi connectivity index (χ4v) is 1.44. The molecule has 88 valence electrons. The highest BCUT2D eigenvalue weighted by molar-refractivity contribution is 6.08. The van der Waals surface area contributed by atoms with Crippen molar-refractivity contribution in [3.05, 3.63) is 23.5 Å². The fourth-order valence-electron chi connectivity index (χ4n) is 1.44. The first-order valence-electron chi connectivity index (χ1n) is 5.47. The third-order valence-corrected chi connectivity index (χ3v) is 2.33. The highest BCUT2D eigenvalue weighted by Gasteiger charge is 2.22. The van der Waals surface area contributed by atoms with Gasteiger partial charge in [0.25, 0.3) is 0 Å². The van der Waals surface area contributed by atoms with Gasteiger partial charge < -0.3 is 9.84 Å². The van der Waals surface area contributed by atoms with Crippen molar-refractivity contribution in [1.29, 1.82) is 0 Å². The molecule has 0 fully saturated rings. The van der Waals surface area contributed by atoms with Crippen LogP contribution in [-0.2, 0) is 14.3 Å². The van der Waals surface area contributed by atoms with Gasteiger partial charge in [0, 0.05) is 0 Å². The second-order valence-corrected chi connectivity index (χ2v) is 3.62. The van der Waals surface area contributed by atoms with Crippen LogP contribution in [0.4, 0.5) is 0 Å². The minimum atomic E-state index is -1.07. The zero-order valence-corrected chi connectivity index (χ0v) is 9.36. The Bertz CT molecular complexity index is 339. The predicted molar refractivity (Wildman–Crippen MR) is 58.9 cm³/mol. The van der Waals surface area contributed by atoms with Crippen molar-refractivity contribution >= 4 is 11.8 Å². The minimum absolute atomic E-state index is 0.00898. The van der Waals surface area contributed by atoms with E-state index in [2.05, 4.69) is 0 Å². The van der Waals surface area contributed by atoms with E-state index in [1.54, 1.807) is 6.08 Å². The van der Waals surface area contributed by atoms with Crippen molar-refractivity contribution < 1.29 is 19.4 Å². The van der Waals surface area contributed by atoms with Gasteiger partial charge in [-0.25, -0.2) is 4.79 Å². The Labute approximate surface area is 94.6 Å². The molecule has 0 radical (unpaired) electrons. The molecule has 0 spiro atoms. The number of unbranched alkanes of at least 4 members (excludes halogenated alkanes) is 1. The lowest BCUT2D eigenvalue weighted by molar-refractivity contribution is -0.133. The average Bonchev–Trinajstić information content (AvgIpc) is 2.42. The van der Waals surface area contributed by atoms with Gasteiger partial charge in [-0.3, -0.25) is 4.79 Å². The van der Waals surface area contributed by atoms with Crippen LogP contribution >= 0.6 is 0 Å². The number of rotatable bonds is 5. The maximum absolute atomic E-state index is 11.6. The van der Waals surface area contributed by atoms with Crippen LogP contribution in [0, 0.1) is 0 Å². The van der Waals surface area contributed by atoms with Crippen molar-refractivity contribution in [1.82, 2.24) is 0 Å². The van der Waals surface area contributed by atoms with Crippen LogP contribution < -0.4 is 0 Å². The second kappa shape index (κ2) is 6.10. The highest BCUT2D eigenvalue weighted by Crippen LogP contribution is 2.19. The van der Waals surface area contributed by atoms with E-state index < -0.39 is 5.97 Å². The summed E-state index contributed by atoms with van der Waals surface area (Å²) in [6.45, 7) is 2.40. The Morgan fingerprint density at radius 2 is 2.31 bits per heavy atom. The molecule has 1 aliphatic rings. The topological polar surface area (TPSA) is 63.6 Å². The molecule has 1 rings (SSSR count). The summed E-state index contributed by atoms with van der Waals surface area (Å²) in [6, 6.07) is 0. The number of allylic oxidation sites excluding steroid dienone is 2. The molecule has 4 heteroatoms. The number of carbonyl (C=O) groups is 2. The van der Waals surface area contributed by atoms with Crippen LogP contribution in [0.5, 0.6) is 0 Å². The molecule has 1 aliphatic carbocycles. The molecule has 0 saturated heterocycles. The Hall–Kier alpha value is -1.58. The van der Waals surface area contributed by atoms with E-state index in [1.165, 1.54) is 6.08 Å². The lowest BCUT2D eigenvalue weighted by Crippen LogP contribution is -2.12. The molecular weight excluding hydrogens is 208 g/mol. The largest absolute Gasteiger partial charge is 0.489 e. The Balaban J connectivity index is 2.85. The van der Waals surface area contributed by atoms with Crippen LogP contribution in [0.3, 0.4) is 0 Å². The van der Waals surface area contributed by atoms with Crippen LogP contribution in [0.25, 0.3) is 0 Å². The van der Waals surface area contributed by atoms with Crippen LogP contribution in [0.15, 0.2) is 23.5 Å². The first-order valence-corrected chi connectivity index (χ1v) is 5.47. The third kappa shape index (κ3) is 3.22. The van der Waals surface area contributed by atoms with Crippen molar-refractivity contribution in [2.45, 2.75) is 32.6 Å². The van der Waals surface area contributed by atoms with Gasteiger partial charge in [-0.05, 0) is 25.3 Å². The zero-order valence-electron chi connectivity index (χ0n) is 9.36. The molecular formula is C12H16O4. The predicted octanol–water partition coefficient (Wildman–Crippen LogP) is 2.06. The summed E-state index contributed by atoms with van der Waals surface area (Å²) in [5, 5.41) is 8.99. The molecule has 0 heterocycles. The lowest BCUT2D eigenvalue weighted by atomic mass is 10.1. The monoisotopic (exact) mass is 224 g/mol. The lowest BCUT2D eigenvalue weighted by Gasteiger charge is -2.09. The Morgan fingerprint density at radius 3 is 2.94 bits per heavy atom. The van der Waals surface area contributed by atoms with Crippen molar-refractivity contribution in [2.24, 2.45) is 0 Å². The van der Waals surface area contributed by atoms with E-state index in [0.29, 0.717) is 19.4 Å². The van der Waals surface area contributed by atoms with E-state index in [9.17, 15) is 9.59 Å². The third-order valence-electron chi connectivity index (χ3n) is 2.33. The van der Waals surface area contributed by atoms with E-state index in [1.807, 2.05) is 6.92 Å².